The molecule has 1 N–H and O–H groups in total. The highest BCUT2D eigenvalue weighted by Gasteiger charge is 2.31. The van der Waals surface area contributed by atoms with Crippen molar-refractivity contribution in [1.29, 1.82) is 0 Å². The van der Waals surface area contributed by atoms with Crippen LogP contribution in [0, 0.1) is 6.92 Å². The van der Waals surface area contributed by atoms with Crippen LogP contribution in [0.2, 0.25) is 0 Å². The van der Waals surface area contributed by atoms with Crippen LogP contribution in [0.4, 0.5) is 13.9 Å². The first-order valence-electron chi connectivity index (χ1n) is 8.76. The van der Waals surface area contributed by atoms with Crippen LogP contribution in [0.5, 0.6) is 5.75 Å². The maximum atomic E-state index is 13.1. The predicted molar refractivity (Wildman–Crippen MR) is 102 cm³/mol. The van der Waals surface area contributed by atoms with Crippen LogP contribution in [-0.4, -0.2) is 26.5 Å². The number of rotatable bonds is 4. The van der Waals surface area contributed by atoms with Gasteiger partial charge in [-0.25, -0.2) is 9.97 Å². The van der Waals surface area contributed by atoms with Crippen LogP contribution in [0.15, 0.2) is 30.6 Å². The van der Waals surface area contributed by atoms with E-state index in [1.54, 1.807) is 13.0 Å². The Morgan fingerprint density at radius 2 is 2.14 bits per heavy atom. The summed E-state index contributed by atoms with van der Waals surface area (Å²) in [6, 6.07) is 5.48. The molecule has 6 nitrogen and oxygen atoms in total. The first-order valence-corrected chi connectivity index (χ1v) is 9.58. The number of amides is 1. The average molecular weight is 404 g/mol. The SMILES string of the molecule is Cc1nc(NC(=O)c2cccc3c2O[C@H](C)[C@H]3C)sc1-c1nccn1C(F)F. The van der Waals surface area contributed by atoms with Gasteiger partial charge in [0, 0.05) is 23.9 Å². The lowest BCUT2D eigenvalue weighted by molar-refractivity contribution is 0.0720. The highest BCUT2D eigenvalue weighted by Crippen LogP contribution is 2.41. The van der Waals surface area contributed by atoms with Gasteiger partial charge < -0.3 is 4.74 Å². The highest BCUT2D eigenvalue weighted by atomic mass is 32.1. The number of carbonyl (C=O) groups is 1. The fourth-order valence-electron chi connectivity index (χ4n) is 3.23. The van der Waals surface area contributed by atoms with Crippen molar-refractivity contribution in [3.05, 3.63) is 47.4 Å². The van der Waals surface area contributed by atoms with Crippen LogP contribution in [0.1, 0.15) is 47.9 Å². The Labute approximate surface area is 164 Å². The van der Waals surface area contributed by atoms with E-state index in [1.165, 1.54) is 12.4 Å². The number of carbonyl (C=O) groups excluding carboxylic acids is 1. The first kappa shape index (κ1) is 18.5. The Hall–Kier alpha value is -2.81. The number of alkyl halides is 2. The molecule has 0 saturated heterocycles. The topological polar surface area (TPSA) is 69.0 Å². The van der Waals surface area contributed by atoms with E-state index in [1.807, 2.05) is 19.1 Å². The van der Waals surface area contributed by atoms with Crippen molar-refractivity contribution in [3.8, 4) is 16.5 Å². The summed E-state index contributed by atoms with van der Waals surface area (Å²) in [6.45, 7) is 3.01. The Kier molecular flexibility index (Phi) is 4.62. The van der Waals surface area contributed by atoms with Crippen LogP contribution in [0.25, 0.3) is 10.7 Å². The maximum absolute atomic E-state index is 13.1. The molecule has 1 amide bonds. The lowest BCUT2D eigenvalue weighted by Crippen LogP contribution is -2.14. The molecular formula is C19H18F2N4O2S. The number of imidazole rings is 1. The number of fused-ring (bicyclic) bond motifs is 1. The monoisotopic (exact) mass is 404 g/mol. The van der Waals surface area contributed by atoms with E-state index in [9.17, 15) is 13.6 Å². The number of thiazole rings is 1. The molecule has 3 aromatic rings. The first-order chi connectivity index (χ1) is 13.4. The van der Waals surface area contributed by atoms with Gasteiger partial charge in [0.05, 0.1) is 16.1 Å². The number of hydrogen-bond acceptors (Lipinski definition) is 5. The molecule has 1 aliphatic heterocycles. The van der Waals surface area contributed by atoms with Crippen molar-refractivity contribution < 1.29 is 18.3 Å². The number of aromatic nitrogens is 3. The molecule has 1 aliphatic rings. The van der Waals surface area contributed by atoms with Gasteiger partial charge in [-0.15, -0.1) is 0 Å². The van der Waals surface area contributed by atoms with Gasteiger partial charge in [0.2, 0.25) is 0 Å². The number of ether oxygens (including phenoxy) is 1. The van der Waals surface area contributed by atoms with Crippen molar-refractivity contribution in [1.82, 2.24) is 14.5 Å². The predicted octanol–water partition coefficient (Wildman–Crippen LogP) is 4.85. The van der Waals surface area contributed by atoms with E-state index < -0.39 is 6.55 Å². The zero-order chi connectivity index (χ0) is 20.0. The summed E-state index contributed by atoms with van der Waals surface area (Å²) in [6.07, 6.45) is 2.52. The van der Waals surface area contributed by atoms with Crippen molar-refractivity contribution in [2.75, 3.05) is 5.32 Å². The average Bonchev–Trinajstić information content (AvgIpc) is 3.33. The number of nitrogens with zero attached hydrogens (tertiary/aromatic N) is 3. The van der Waals surface area contributed by atoms with E-state index in [0.29, 0.717) is 27.0 Å². The Bertz CT molecular complexity index is 1050. The normalized spacial score (nSPS) is 18.2. The van der Waals surface area contributed by atoms with Gasteiger partial charge in [-0.3, -0.25) is 14.7 Å². The van der Waals surface area contributed by atoms with Crippen molar-refractivity contribution in [2.24, 2.45) is 0 Å². The number of para-hydroxylation sites is 1. The summed E-state index contributed by atoms with van der Waals surface area (Å²) in [7, 11) is 0. The summed E-state index contributed by atoms with van der Waals surface area (Å²) in [5, 5.41) is 3.07. The molecule has 4 rings (SSSR count). The van der Waals surface area contributed by atoms with Crippen LogP contribution < -0.4 is 10.1 Å². The second-order valence-electron chi connectivity index (χ2n) is 6.66. The molecule has 0 aliphatic carbocycles. The largest absolute Gasteiger partial charge is 0.489 e. The molecule has 0 bridgehead atoms. The Morgan fingerprint density at radius 1 is 1.36 bits per heavy atom. The molecule has 3 heterocycles. The number of halogens is 2. The minimum Gasteiger partial charge on any atom is -0.489 e. The third kappa shape index (κ3) is 3.05. The molecular weight excluding hydrogens is 386 g/mol. The van der Waals surface area contributed by atoms with E-state index in [0.717, 1.165) is 21.5 Å². The van der Waals surface area contributed by atoms with Gasteiger partial charge >= 0.3 is 6.55 Å². The molecule has 28 heavy (non-hydrogen) atoms. The lowest BCUT2D eigenvalue weighted by Gasteiger charge is -2.09. The summed E-state index contributed by atoms with van der Waals surface area (Å²) >= 11 is 1.11. The summed E-state index contributed by atoms with van der Waals surface area (Å²) in [5.41, 5.74) is 1.94. The molecule has 0 fully saturated rings. The second kappa shape index (κ2) is 6.97. The molecule has 2 aromatic heterocycles. The van der Waals surface area contributed by atoms with Gasteiger partial charge in [-0.2, -0.15) is 8.78 Å². The number of benzene rings is 1. The zero-order valence-electron chi connectivity index (χ0n) is 15.4. The van der Waals surface area contributed by atoms with Crippen molar-refractivity contribution >= 4 is 22.4 Å². The number of aryl methyl sites for hydroxylation is 1. The van der Waals surface area contributed by atoms with Crippen LogP contribution in [-0.2, 0) is 0 Å². The molecule has 0 radical (unpaired) electrons. The highest BCUT2D eigenvalue weighted by molar-refractivity contribution is 7.19. The molecule has 2 atom stereocenters. The Morgan fingerprint density at radius 3 is 2.89 bits per heavy atom. The lowest BCUT2D eigenvalue weighted by atomic mass is 9.97. The summed E-state index contributed by atoms with van der Waals surface area (Å²) in [4.78, 5) is 21.6. The molecule has 0 spiro atoms. The number of hydrogen-bond donors (Lipinski definition) is 1. The minimum atomic E-state index is -2.70. The third-order valence-electron chi connectivity index (χ3n) is 4.89. The molecule has 146 valence electrons. The summed E-state index contributed by atoms with van der Waals surface area (Å²) < 4.78 is 32.9. The molecule has 0 unspecified atom stereocenters. The van der Waals surface area contributed by atoms with Gasteiger partial charge in [0.1, 0.15) is 11.9 Å². The zero-order valence-corrected chi connectivity index (χ0v) is 16.3. The number of anilines is 1. The fourth-order valence-corrected chi connectivity index (χ4v) is 4.20. The van der Waals surface area contributed by atoms with Gasteiger partial charge in [-0.1, -0.05) is 30.4 Å². The van der Waals surface area contributed by atoms with Gasteiger partial charge in [-0.05, 0) is 19.9 Å². The minimum absolute atomic E-state index is 0.00846. The van der Waals surface area contributed by atoms with Crippen LogP contribution >= 0.6 is 11.3 Å². The van der Waals surface area contributed by atoms with Gasteiger partial charge in [0.15, 0.2) is 11.0 Å². The summed E-state index contributed by atoms with van der Waals surface area (Å²) in [5.74, 6) is 0.555. The van der Waals surface area contributed by atoms with E-state index in [2.05, 4.69) is 22.2 Å². The quantitative estimate of drug-likeness (QED) is 0.675. The maximum Gasteiger partial charge on any atom is 0.320 e. The van der Waals surface area contributed by atoms with Crippen LogP contribution in [0.3, 0.4) is 0 Å². The van der Waals surface area contributed by atoms with E-state index >= 15 is 0 Å². The molecule has 9 heteroatoms. The molecule has 1 aromatic carbocycles. The van der Waals surface area contributed by atoms with Crippen molar-refractivity contribution in [2.45, 2.75) is 39.3 Å². The van der Waals surface area contributed by atoms with Crippen molar-refractivity contribution in [3.63, 3.8) is 0 Å². The van der Waals surface area contributed by atoms with Gasteiger partial charge in [0.25, 0.3) is 5.91 Å². The Balaban J connectivity index is 1.62. The smallest absolute Gasteiger partial charge is 0.320 e. The molecule has 0 saturated carbocycles. The van der Waals surface area contributed by atoms with E-state index in [-0.39, 0.29) is 23.8 Å². The standard InChI is InChI=1S/C19H18F2N4O2S/c1-9-11(3)27-14-12(9)5-4-6-13(14)17(26)24-19-23-10(2)15(28-19)16-22-7-8-25(16)18(20)21/h4-9,11,18H,1-3H3,(H,23,24,26)/t9-,11-/m1/s1. The number of nitrogens with one attached hydrogen (secondary N) is 1. The van der Waals surface area contributed by atoms with E-state index in [4.69, 9.17) is 4.74 Å². The second-order valence-corrected chi connectivity index (χ2v) is 7.66. The third-order valence-corrected chi connectivity index (χ3v) is 5.96. The fraction of sp³-hybridized carbons (Fsp3) is 0.316.